The highest BCUT2D eigenvalue weighted by Crippen LogP contribution is 2.12. The molecule has 0 saturated heterocycles. The molecular weight excluding hydrogens is 263 g/mol. The average Bonchev–Trinajstić information content (AvgIpc) is 2.45. The zero-order valence-electron chi connectivity index (χ0n) is 12.1. The van der Waals surface area contributed by atoms with Crippen LogP contribution in [0.3, 0.4) is 0 Å². The molecule has 2 heteroatoms. The summed E-state index contributed by atoms with van der Waals surface area (Å²) >= 11 is 0. The van der Waals surface area contributed by atoms with Crippen LogP contribution in [0.2, 0.25) is 19.1 Å². The van der Waals surface area contributed by atoms with Gasteiger partial charge in [0.15, 0.2) is 0 Å². The number of allylic oxidation sites excluding steroid dienone is 2. The first kappa shape index (κ1) is 14.7. The molecule has 0 nitrogen and oxygen atoms in total. The minimum absolute atomic E-state index is 0.154. The SMILES string of the molecule is C[Si](C)(C/C=C/Cc1ccccc1)c1ccc(F)cc1. The summed E-state index contributed by atoms with van der Waals surface area (Å²) in [6, 6.07) is 18.6. The molecule has 2 rings (SSSR count). The van der Waals surface area contributed by atoms with Gasteiger partial charge < -0.3 is 0 Å². The second-order valence-corrected chi connectivity index (χ2v) is 10.5. The van der Waals surface area contributed by atoms with E-state index >= 15 is 0 Å². The largest absolute Gasteiger partial charge is 0.207 e. The van der Waals surface area contributed by atoms with Crippen molar-refractivity contribution in [3.8, 4) is 0 Å². The Morgan fingerprint density at radius 2 is 1.55 bits per heavy atom. The predicted octanol–water partition coefficient (Wildman–Crippen LogP) is 4.54. The van der Waals surface area contributed by atoms with E-state index in [0.717, 1.165) is 12.5 Å². The topological polar surface area (TPSA) is 0 Å². The van der Waals surface area contributed by atoms with Crippen LogP contribution in [0.25, 0.3) is 0 Å². The highest BCUT2D eigenvalue weighted by Gasteiger charge is 2.21. The Hall–Kier alpha value is -1.67. The van der Waals surface area contributed by atoms with Gasteiger partial charge in [0.1, 0.15) is 5.82 Å². The van der Waals surface area contributed by atoms with Gasteiger partial charge in [-0.2, -0.15) is 0 Å². The van der Waals surface area contributed by atoms with Crippen LogP contribution in [-0.4, -0.2) is 8.07 Å². The Morgan fingerprint density at radius 3 is 2.20 bits per heavy atom. The van der Waals surface area contributed by atoms with E-state index in [1.165, 1.54) is 10.8 Å². The van der Waals surface area contributed by atoms with E-state index in [4.69, 9.17) is 0 Å². The summed E-state index contributed by atoms with van der Waals surface area (Å²) in [5.41, 5.74) is 1.34. The van der Waals surface area contributed by atoms with Gasteiger partial charge in [0.25, 0.3) is 0 Å². The third-order valence-corrected chi connectivity index (χ3v) is 6.77. The van der Waals surface area contributed by atoms with Crippen LogP contribution in [0.5, 0.6) is 0 Å². The van der Waals surface area contributed by atoms with Gasteiger partial charge in [0, 0.05) is 0 Å². The smallest absolute Gasteiger partial charge is 0.123 e. The lowest BCUT2D eigenvalue weighted by atomic mass is 10.1. The lowest BCUT2D eigenvalue weighted by molar-refractivity contribution is 0.628. The average molecular weight is 284 g/mol. The maximum Gasteiger partial charge on any atom is 0.123 e. The molecule has 0 unspecified atom stereocenters. The fourth-order valence-electron chi connectivity index (χ4n) is 2.23. The van der Waals surface area contributed by atoms with Crippen LogP contribution in [0.4, 0.5) is 4.39 Å². The van der Waals surface area contributed by atoms with Gasteiger partial charge in [-0.25, -0.2) is 4.39 Å². The molecule has 0 aromatic heterocycles. The van der Waals surface area contributed by atoms with Crippen molar-refractivity contribution in [2.75, 3.05) is 0 Å². The van der Waals surface area contributed by atoms with Crippen molar-refractivity contribution in [3.63, 3.8) is 0 Å². The molecule has 0 atom stereocenters. The monoisotopic (exact) mass is 284 g/mol. The van der Waals surface area contributed by atoms with E-state index in [0.29, 0.717) is 0 Å². The van der Waals surface area contributed by atoms with Crippen LogP contribution in [0.15, 0.2) is 66.7 Å². The fourth-order valence-corrected chi connectivity index (χ4v) is 4.29. The molecule has 104 valence electrons. The Bertz CT molecular complexity index is 556. The number of benzene rings is 2. The summed E-state index contributed by atoms with van der Waals surface area (Å²) in [5, 5.41) is 1.31. The quantitative estimate of drug-likeness (QED) is 0.558. The molecule has 0 N–H and O–H groups in total. The van der Waals surface area contributed by atoms with Crippen molar-refractivity contribution in [3.05, 3.63) is 78.1 Å². The molecular formula is C18H21FSi. The van der Waals surface area contributed by atoms with Crippen molar-refractivity contribution >= 4 is 13.3 Å². The molecule has 0 aliphatic heterocycles. The molecule has 0 aliphatic carbocycles. The van der Waals surface area contributed by atoms with Crippen molar-refractivity contribution < 1.29 is 4.39 Å². The van der Waals surface area contributed by atoms with Crippen molar-refractivity contribution in [1.29, 1.82) is 0 Å². The molecule has 0 aliphatic rings. The fraction of sp³-hybridized carbons (Fsp3) is 0.222. The minimum atomic E-state index is -1.49. The number of hydrogen-bond acceptors (Lipinski definition) is 0. The Balaban J connectivity index is 1.93. The summed E-state index contributed by atoms with van der Waals surface area (Å²) in [4.78, 5) is 0. The summed E-state index contributed by atoms with van der Waals surface area (Å²) in [5.74, 6) is -0.154. The zero-order chi connectivity index (χ0) is 14.4. The van der Waals surface area contributed by atoms with Crippen LogP contribution in [0, 0.1) is 5.82 Å². The molecule has 0 amide bonds. The third-order valence-electron chi connectivity index (χ3n) is 3.62. The first-order valence-electron chi connectivity index (χ1n) is 7.03. The first-order valence-corrected chi connectivity index (χ1v) is 10.2. The summed E-state index contributed by atoms with van der Waals surface area (Å²) in [6.45, 7) is 4.65. The number of rotatable bonds is 5. The number of halogens is 1. The molecule has 0 radical (unpaired) electrons. The highest BCUT2D eigenvalue weighted by molar-refractivity contribution is 6.90. The summed E-state index contributed by atoms with van der Waals surface area (Å²) in [7, 11) is -1.49. The van der Waals surface area contributed by atoms with Gasteiger partial charge in [0.05, 0.1) is 8.07 Å². The minimum Gasteiger partial charge on any atom is -0.207 e. The van der Waals surface area contributed by atoms with E-state index in [2.05, 4.69) is 49.5 Å². The van der Waals surface area contributed by atoms with E-state index < -0.39 is 8.07 Å². The van der Waals surface area contributed by atoms with Gasteiger partial charge in [-0.1, -0.05) is 72.9 Å². The van der Waals surface area contributed by atoms with Crippen LogP contribution in [0.1, 0.15) is 5.56 Å². The normalized spacial score (nSPS) is 11.9. The molecule has 2 aromatic rings. The van der Waals surface area contributed by atoms with Crippen LogP contribution in [-0.2, 0) is 6.42 Å². The van der Waals surface area contributed by atoms with Crippen molar-refractivity contribution in [1.82, 2.24) is 0 Å². The molecule has 2 aromatic carbocycles. The molecule has 0 fully saturated rings. The van der Waals surface area contributed by atoms with E-state index in [9.17, 15) is 4.39 Å². The standard InChI is InChI=1S/C18H21FSi/c1-20(2,18-13-11-17(19)12-14-18)15-7-6-10-16-8-4-3-5-9-16/h3-9,11-14H,10,15H2,1-2H3/b7-6+. The van der Waals surface area contributed by atoms with E-state index in [-0.39, 0.29) is 5.82 Å². The second-order valence-electron chi connectivity index (χ2n) is 5.76. The first-order chi connectivity index (χ1) is 9.58. The molecule has 0 spiro atoms. The lowest BCUT2D eigenvalue weighted by Gasteiger charge is -2.21. The maximum atomic E-state index is 13.0. The second kappa shape index (κ2) is 6.66. The van der Waals surface area contributed by atoms with Gasteiger partial charge in [-0.15, -0.1) is 0 Å². The predicted molar refractivity (Wildman–Crippen MR) is 87.6 cm³/mol. The van der Waals surface area contributed by atoms with Gasteiger partial charge in [-0.3, -0.25) is 0 Å². The summed E-state index contributed by atoms with van der Waals surface area (Å²) in [6.07, 6.45) is 5.50. The van der Waals surface area contributed by atoms with Crippen LogP contribution >= 0.6 is 0 Å². The third kappa shape index (κ3) is 4.17. The maximum absolute atomic E-state index is 13.0. The van der Waals surface area contributed by atoms with Gasteiger partial charge in [-0.05, 0) is 30.2 Å². The van der Waals surface area contributed by atoms with Gasteiger partial charge >= 0.3 is 0 Å². The molecule has 0 saturated carbocycles. The number of hydrogen-bond donors (Lipinski definition) is 0. The molecule has 0 bridgehead atoms. The zero-order valence-corrected chi connectivity index (χ0v) is 13.1. The lowest BCUT2D eigenvalue weighted by Crippen LogP contribution is -2.40. The highest BCUT2D eigenvalue weighted by atomic mass is 28.3. The van der Waals surface area contributed by atoms with E-state index in [1.807, 2.05) is 18.2 Å². The van der Waals surface area contributed by atoms with Crippen molar-refractivity contribution in [2.24, 2.45) is 0 Å². The Kier molecular flexibility index (Phi) is 4.91. The summed E-state index contributed by atoms with van der Waals surface area (Å²) < 4.78 is 13.0. The van der Waals surface area contributed by atoms with Crippen molar-refractivity contribution in [2.45, 2.75) is 25.6 Å². The molecule has 0 heterocycles. The van der Waals surface area contributed by atoms with Crippen LogP contribution < -0.4 is 5.19 Å². The Morgan fingerprint density at radius 1 is 0.900 bits per heavy atom. The van der Waals surface area contributed by atoms with E-state index in [1.54, 1.807) is 12.1 Å². The molecule has 20 heavy (non-hydrogen) atoms. The Labute approximate surface area is 122 Å². The van der Waals surface area contributed by atoms with Gasteiger partial charge in [0.2, 0.25) is 0 Å².